The molecule has 3 aromatic heterocycles. The van der Waals surface area contributed by atoms with Crippen molar-refractivity contribution in [2.75, 3.05) is 65.0 Å². The van der Waals surface area contributed by atoms with Crippen LogP contribution in [0.5, 0.6) is 0 Å². The molecule has 5 heterocycles. The minimum absolute atomic E-state index is 0.00369. The first-order chi connectivity index (χ1) is 29.1. The van der Waals surface area contributed by atoms with Crippen LogP contribution in [0, 0.1) is 0 Å². The first kappa shape index (κ1) is 48.8. The van der Waals surface area contributed by atoms with E-state index in [0.29, 0.717) is 35.9 Å². The Hall–Kier alpha value is -2.69. The van der Waals surface area contributed by atoms with Crippen molar-refractivity contribution in [3.05, 3.63) is 17.3 Å². The van der Waals surface area contributed by atoms with Gasteiger partial charge in [-0.15, -0.1) is 5.10 Å². The fraction of sp³-hybridized carbons (Fsp3) is 0.821. The summed E-state index contributed by atoms with van der Waals surface area (Å²) < 4.78 is 73.0. The zero-order valence-electron chi connectivity index (χ0n) is 38.0. The van der Waals surface area contributed by atoms with Crippen LogP contribution in [0.2, 0.25) is 31.0 Å². The Kier molecular flexibility index (Phi) is 15.6. The molecule has 23 heteroatoms. The molecule has 2 aliphatic heterocycles. The summed E-state index contributed by atoms with van der Waals surface area (Å²) in [6.07, 6.45) is 1.62. The van der Waals surface area contributed by atoms with Crippen LogP contribution in [0.1, 0.15) is 72.4 Å². The Labute approximate surface area is 369 Å². The van der Waals surface area contributed by atoms with Gasteiger partial charge in [0.1, 0.15) is 44.4 Å². The number of hydrogen-bond acceptors (Lipinski definition) is 17. The molecule has 1 saturated carbocycles. The highest BCUT2D eigenvalue weighted by atomic mass is 35.5. The van der Waals surface area contributed by atoms with Crippen molar-refractivity contribution >= 4 is 49.8 Å². The quantitative estimate of drug-likeness (QED) is 0.0512. The van der Waals surface area contributed by atoms with Crippen LogP contribution in [0.25, 0.3) is 11.0 Å². The van der Waals surface area contributed by atoms with Gasteiger partial charge in [0.05, 0.1) is 44.6 Å². The van der Waals surface area contributed by atoms with Gasteiger partial charge in [-0.1, -0.05) is 32.5 Å². The molecular weight excluding hydrogens is 865 g/mol. The van der Waals surface area contributed by atoms with Crippen molar-refractivity contribution in [3.63, 3.8) is 0 Å². The lowest BCUT2D eigenvalue weighted by molar-refractivity contribution is -0.208. The molecule has 3 aromatic rings. The summed E-state index contributed by atoms with van der Waals surface area (Å²) in [6, 6.07) is 0.860. The van der Waals surface area contributed by atoms with Gasteiger partial charge in [0.25, 0.3) is 0 Å². The van der Waals surface area contributed by atoms with Gasteiger partial charge in [0.2, 0.25) is 5.28 Å². The number of carbonyl (C=O) groups is 1. The molecule has 0 unspecified atom stereocenters. The number of anilines is 1. The number of fused-ring (bicyclic) bond motifs is 2. The second kappa shape index (κ2) is 19.8. The van der Waals surface area contributed by atoms with Crippen molar-refractivity contribution in [2.24, 2.45) is 0 Å². The Morgan fingerprint density at radius 1 is 1.03 bits per heavy atom. The maximum Gasteiger partial charge on any atom is 0.416 e. The van der Waals surface area contributed by atoms with E-state index in [1.165, 1.54) is 4.68 Å². The van der Waals surface area contributed by atoms with Gasteiger partial charge in [-0.3, -0.25) is 4.90 Å². The lowest BCUT2D eigenvalue weighted by Gasteiger charge is -2.38. The number of hydrogen-bond donors (Lipinski definition) is 0. The highest BCUT2D eigenvalue weighted by Crippen LogP contribution is 2.54. The van der Waals surface area contributed by atoms with Gasteiger partial charge >= 0.3 is 6.09 Å². The van der Waals surface area contributed by atoms with E-state index >= 15 is 0 Å². The number of nitrogens with zero attached hydrogens (tertiary/aromatic N) is 9. The zero-order chi connectivity index (χ0) is 45.1. The average molecular weight is 931 g/mol. The molecule has 3 fully saturated rings. The van der Waals surface area contributed by atoms with E-state index in [9.17, 15) is 9.36 Å². The molecule has 20 nitrogen and oxygen atoms in total. The predicted molar refractivity (Wildman–Crippen MR) is 231 cm³/mol. The largest absolute Gasteiger partial charge is 0.443 e. The summed E-state index contributed by atoms with van der Waals surface area (Å²) in [6.45, 7) is 20.3. The zero-order valence-corrected chi connectivity index (χ0v) is 40.6. The maximum absolute atomic E-state index is 14.3. The van der Waals surface area contributed by atoms with E-state index in [0.717, 1.165) is 31.7 Å². The van der Waals surface area contributed by atoms with E-state index in [1.54, 1.807) is 36.2 Å². The Balaban J connectivity index is 1.24. The van der Waals surface area contributed by atoms with E-state index in [-0.39, 0.29) is 51.1 Å². The normalized spacial score (nSPS) is 23.0. The number of halogens is 1. The Morgan fingerprint density at radius 2 is 1.74 bits per heavy atom. The highest BCUT2D eigenvalue weighted by Gasteiger charge is 2.58. The number of amides is 1. The smallest absolute Gasteiger partial charge is 0.416 e. The first-order valence-corrected chi connectivity index (χ1v) is 27.9. The van der Waals surface area contributed by atoms with Crippen molar-refractivity contribution in [1.29, 1.82) is 0 Å². The number of carbonyl (C=O) groups excluding carboxylic acids is 1. The summed E-state index contributed by atoms with van der Waals surface area (Å²) in [5.41, 5.74) is -0.414. The SMILES string of the molecule is COCCOC[C@@](COCc1nnnn1COCC[Si](C)(C)C)(OC[C@H]1O[C@@H](n2ncc3c(N(C(=O)OC(C)(C)C)C4CCCC4)nc(Cl)nc32)[C@@H]2OC(C)(C)O[C@@H]21)P(C)(C)=O. The summed E-state index contributed by atoms with van der Waals surface area (Å²) in [5.74, 6) is -0.258. The molecule has 62 heavy (non-hydrogen) atoms. The van der Waals surface area contributed by atoms with Gasteiger partial charge in [0, 0.05) is 27.8 Å². The molecule has 0 spiro atoms. The van der Waals surface area contributed by atoms with Gasteiger partial charge in [-0.2, -0.15) is 15.1 Å². The third kappa shape index (κ3) is 11.9. The van der Waals surface area contributed by atoms with Crippen LogP contribution in [-0.4, -0.2) is 155 Å². The molecule has 348 valence electrons. The van der Waals surface area contributed by atoms with E-state index in [1.807, 2.05) is 34.6 Å². The number of ether oxygens (including phenoxy) is 9. The summed E-state index contributed by atoms with van der Waals surface area (Å²) in [4.78, 5) is 24.5. The van der Waals surface area contributed by atoms with E-state index < -0.39 is 62.6 Å². The molecule has 6 rings (SSSR count). The van der Waals surface area contributed by atoms with Crippen LogP contribution in [0.4, 0.5) is 10.6 Å². The van der Waals surface area contributed by atoms with Crippen LogP contribution < -0.4 is 4.90 Å². The minimum atomic E-state index is -3.18. The molecule has 3 aliphatic rings. The van der Waals surface area contributed by atoms with Crippen LogP contribution in [0.3, 0.4) is 0 Å². The fourth-order valence-electron chi connectivity index (χ4n) is 7.59. The van der Waals surface area contributed by atoms with Crippen molar-refractivity contribution in [1.82, 2.24) is 40.0 Å². The summed E-state index contributed by atoms with van der Waals surface area (Å²) in [5, 5.41) is 15.7. The molecule has 0 radical (unpaired) electrons. The van der Waals surface area contributed by atoms with Crippen molar-refractivity contribution < 1.29 is 52.0 Å². The van der Waals surface area contributed by atoms with Gasteiger partial charge in [0.15, 0.2) is 34.6 Å². The molecule has 2 saturated heterocycles. The van der Waals surface area contributed by atoms with E-state index in [2.05, 4.69) is 45.1 Å². The van der Waals surface area contributed by atoms with Crippen LogP contribution in [0.15, 0.2) is 6.20 Å². The van der Waals surface area contributed by atoms with Crippen LogP contribution >= 0.6 is 18.7 Å². The third-order valence-corrected chi connectivity index (χ3v) is 15.1. The lowest BCUT2D eigenvalue weighted by atomic mass is 10.1. The average Bonchev–Trinajstić information content (AvgIpc) is 4.00. The second-order valence-corrected chi connectivity index (χ2v) is 28.6. The van der Waals surface area contributed by atoms with Gasteiger partial charge < -0.3 is 47.2 Å². The Bertz CT molecular complexity index is 2020. The number of aromatic nitrogens is 8. The maximum atomic E-state index is 14.3. The van der Waals surface area contributed by atoms with Crippen molar-refractivity contribution in [2.45, 2.75) is 147 Å². The molecule has 1 aliphatic carbocycles. The number of tetrazole rings is 1. The fourth-order valence-corrected chi connectivity index (χ4v) is 9.69. The predicted octanol–water partition coefficient (Wildman–Crippen LogP) is 6.10. The second-order valence-electron chi connectivity index (χ2n) is 19.2. The Morgan fingerprint density at radius 3 is 2.42 bits per heavy atom. The summed E-state index contributed by atoms with van der Waals surface area (Å²) >= 11 is 6.63. The molecule has 5 atom stereocenters. The summed E-state index contributed by atoms with van der Waals surface area (Å²) in [7, 11) is -2.88. The molecule has 1 amide bonds. The molecule has 0 bridgehead atoms. The number of methoxy groups -OCH3 is 1. The van der Waals surface area contributed by atoms with Gasteiger partial charge in [-0.25, -0.2) is 14.2 Å². The number of rotatable bonds is 21. The first-order valence-electron chi connectivity index (χ1n) is 21.2. The van der Waals surface area contributed by atoms with Crippen molar-refractivity contribution in [3.8, 4) is 0 Å². The highest BCUT2D eigenvalue weighted by molar-refractivity contribution is 7.63. The van der Waals surface area contributed by atoms with Gasteiger partial charge in [-0.05, 0) is 88.9 Å². The lowest BCUT2D eigenvalue weighted by Crippen LogP contribution is -2.46. The molecule has 0 N–H and O–H groups in total. The van der Waals surface area contributed by atoms with E-state index in [4.69, 9.17) is 59.3 Å². The topological polar surface area (TPSA) is 208 Å². The minimum Gasteiger partial charge on any atom is -0.443 e. The van der Waals surface area contributed by atoms with Crippen LogP contribution in [-0.2, 0) is 60.5 Å². The monoisotopic (exact) mass is 929 g/mol. The molecule has 0 aromatic carbocycles. The standard InChI is InChI=1S/C39H65ClN9O11PSi/c1-37(2,3)60-36(50)48(26-14-12-13-15-26)32-27-20-41-49(33(27)43-35(40)42-32)34-31-30(58-38(4,5)59-31)28(57-34)21-56-39(61(7,8)51,23-53-17-16-52-6)24-55-22-29-44-45-46-47(29)25-54-18-19-62(9,10)11/h20,26,28,30-31,34H,12-19,21-25H2,1-11H3/t28-,30-,31-,34-,39-/m1/s1. The third-order valence-electron chi connectivity index (χ3n) is 10.9. The molecular formula is C39H65ClN9O11PSi.